The number of hydrogen-bond donors (Lipinski definition) is 3. The Kier molecular flexibility index (Phi) is 7.55. The summed E-state index contributed by atoms with van der Waals surface area (Å²) >= 11 is 0. The van der Waals surface area contributed by atoms with Crippen molar-refractivity contribution in [2.75, 3.05) is 26.7 Å². The van der Waals surface area contributed by atoms with Crippen LogP contribution in [0.25, 0.3) is 0 Å². The van der Waals surface area contributed by atoms with Gasteiger partial charge in [0.15, 0.2) is 0 Å². The van der Waals surface area contributed by atoms with Gasteiger partial charge in [0.1, 0.15) is 17.8 Å². The molecule has 0 radical (unpaired) electrons. The topological polar surface area (TPSA) is 103 Å². The van der Waals surface area contributed by atoms with E-state index in [1.165, 1.54) is 12.8 Å². The normalized spacial score (nSPS) is 31.6. The first kappa shape index (κ1) is 26.6. The highest BCUT2D eigenvalue weighted by Crippen LogP contribution is 2.49. The second-order valence-electron chi connectivity index (χ2n) is 12.3. The molecule has 39 heavy (non-hydrogen) atoms. The quantitative estimate of drug-likeness (QED) is 0.492. The first-order valence-electron chi connectivity index (χ1n) is 15.0. The van der Waals surface area contributed by atoms with Crippen LogP contribution in [0, 0.1) is 11.8 Å². The predicted molar refractivity (Wildman–Crippen MR) is 147 cm³/mol. The van der Waals surface area contributed by atoms with Crippen LogP contribution in [0.5, 0.6) is 5.75 Å². The summed E-state index contributed by atoms with van der Waals surface area (Å²) in [5, 5.41) is 9.39. The molecule has 3 N–H and O–H groups in total. The zero-order valence-corrected chi connectivity index (χ0v) is 23.2. The van der Waals surface area contributed by atoms with Gasteiger partial charge in [0.05, 0.1) is 18.7 Å². The van der Waals surface area contributed by atoms with Crippen LogP contribution in [0.2, 0.25) is 0 Å². The molecule has 212 valence electrons. The molecule has 1 aromatic carbocycles. The molecule has 0 bridgehead atoms. The molecule has 2 saturated carbocycles. The number of para-hydroxylation sites is 1. The van der Waals surface area contributed by atoms with Crippen molar-refractivity contribution in [2.24, 2.45) is 11.8 Å². The van der Waals surface area contributed by atoms with Crippen LogP contribution in [-0.2, 0) is 14.4 Å². The van der Waals surface area contributed by atoms with E-state index < -0.39 is 18.1 Å². The summed E-state index contributed by atoms with van der Waals surface area (Å²) in [4.78, 5) is 45.7. The fourth-order valence-electron chi connectivity index (χ4n) is 7.43. The standard InChI is InChI=1S/C30H43N5O4/c1-18(31-2)28(36)33-27(19-8-4-3-5-9-19)30(38)35-16-21-14-20-15-24(20)34(21)17-25(35)29(37)32-23-12-13-39-26-11-7-6-10-22(23)26/h6-7,10-11,18-21,23-25,27,31H,3-5,8-9,12-17H2,1-2H3,(H,32,37)(H,33,36)/t18-,20+,21+,23+,24?,25-,27-/m0/s1. The van der Waals surface area contributed by atoms with Crippen molar-refractivity contribution in [3.63, 3.8) is 0 Å². The Hall–Kier alpha value is -2.65. The minimum absolute atomic E-state index is 0.0914. The molecule has 6 rings (SSSR count). The lowest BCUT2D eigenvalue weighted by Gasteiger charge is -2.46. The maximum Gasteiger partial charge on any atom is 0.246 e. The van der Waals surface area contributed by atoms with Crippen LogP contribution in [0.4, 0.5) is 0 Å². The number of amides is 3. The maximum atomic E-state index is 14.4. The van der Waals surface area contributed by atoms with Gasteiger partial charge in [-0.15, -0.1) is 0 Å². The fourth-order valence-corrected chi connectivity index (χ4v) is 7.43. The Morgan fingerprint density at radius 3 is 2.62 bits per heavy atom. The number of likely N-dealkylation sites (N-methyl/N-ethyl adjacent to an activating group) is 1. The summed E-state index contributed by atoms with van der Waals surface area (Å²) in [6, 6.07) is 6.99. The second-order valence-corrected chi connectivity index (χ2v) is 12.3. The minimum Gasteiger partial charge on any atom is -0.493 e. The molecule has 1 aromatic rings. The largest absolute Gasteiger partial charge is 0.493 e. The molecule has 1 unspecified atom stereocenters. The molecule has 9 nitrogen and oxygen atoms in total. The third-order valence-electron chi connectivity index (χ3n) is 9.89. The van der Waals surface area contributed by atoms with Gasteiger partial charge >= 0.3 is 0 Å². The van der Waals surface area contributed by atoms with Crippen LogP contribution in [0.1, 0.15) is 69.9 Å². The number of benzene rings is 1. The molecule has 4 fully saturated rings. The Morgan fingerprint density at radius 1 is 1.03 bits per heavy atom. The number of ether oxygens (including phenoxy) is 1. The summed E-state index contributed by atoms with van der Waals surface area (Å²) in [6.07, 6.45) is 8.14. The molecule has 3 heterocycles. The van der Waals surface area contributed by atoms with E-state index in [4.69, 9.17) is 4.74 Å². The molecule has 0 spiro atoms. The van der Waals surface area contributed by atoms with E-state index in [0.29, 0.717) is 44.1 Å². The molecule has 9 heteroatoms. The van der Waals surface area contributed by atoms with E-state index in [1.807, 2.05) is 36.1 Å². The monoisotopic (exact) mass is 537 g/mol. The maximum absolute atomic E-state index is 14.4. The van der Waals surface area contributed by atoms with Crippen LogP contribution in [-0.4, -0.2) is 84.5 Å². The van der Waals surface area contributed by atoms with E-state index in [0.717, 1.165) is 43.4 Å². The van der Waals surface area contributed by atoms with Gasteiger partial charge in [-0.25, -0.2) is 0 Å². The Morgan fingerprint density at radius 2 is 1.82 bits per heavy atom. The highest BCUT2D eigenvalue weighted by atomic mass is 16.5. The van der Waals surface area contributed by atoms with Crippen molar-refractivity contribution >= 4 is 17.7 Å². The molecule has 7 atom stereocenters. The summed E-state index contributed by atoms with van der Waals surface area (Å²) in [6.45, 7) is 3.47. The van der Waals surface area contributed by atoms with Crippen molar-refractivity contribution in [1.82, 2.24) is 25.8 Å². The average molecular weight is 538 g/mol. The number of nitrogens with zero attached hydrogens (tertiary/aromatic N) is 2. The third kappa shape index (κ3) is 5.27. The SMILES string of the molecule is CN[C@@H](C)C(=O)N[C@H](C(=O)N1C[C@H]2C[C@@H]3CC3N2C[C@H]1C(=O)N[C@@H]1CCOc2ccccc21)C1CCCCC1. The van der Waals surface area contributed by atoms with E-state index in [-0.39, 0.29) is 29.7 Å². The van der Waals surface area contributed by atoms with Crippen LogP contribution < -0.4 is 20.7 Å². The predicted octanol–water partition coefficient (Wildman–Crippen LogP) is 1.97. The molecule has 0 aromatic heterocycles. The van der Waals surface area contributed by atoms with Gasteiger partial charge < -0.3 is 25.6 Å². The second kappa shape index (κ2) is 11.1. The van der Waals surface area contributed by atoms with Crippen molar-refractivity contribution in [1.29, 1.82) is 0 Å². The van der Waals surface area contributed by atoms with E-state index in [9.17, 15) is 14.4 Å². The molecule has 5 aliphatic rings. The van der Waals surface area contributed by atoms with Gasteiger partial charge in [0, 0.05) is 37.2 Å². The van der Waals surface area contributed by atoms with Crippen LogP contribution >= 0.6 is 0 Å². The molecule has 3 aliphatic heterocycles. The number of carbonyl (C=O) groups excluding carboxylic acids is 3. The summed E-state index contributed by atoms with van der Waals surface area (Å²) < 4.78 is 5.81. The Labute approximate surface area is 231 Å². The molecular weight excluding hydrogens is 494 g/mol. The molecule has 2 saturated heterocycles. The fraction of sp³-hybridized carbons (Fsp3) is 0.700. The van der Waals surface area contributed by atoms with E-state index >= 15 is 0 Å². The Balaban J connectivity index is 1.25. The number of carbonyl (C=O) groups is 3. The molecular formula is C30H43N5O4. The zero-order valence-electron chi connectivity index (χ0n) is 23.2. The summed E-state index contributed by atoms with van der Waals surface area (Å²) in [5.74, 6) is 1.24. The number of piperazine rings is 1. The summed E-state index contributed by atoms with van der Waals surface area (Å²) in [7, 11) is 1.75. The van der Waals surface area contributed by atoms with Gasteiger partial charge in [-0.2, -0.15) is 0 Å². The third-order valence-corrected chi connectivity index (χ3v) is 9.89. The van der Waals surface area contributed by atoms with Crippen molar-refractivity contribution in [3.05, 3.63) is 29.8 Å². The highest BCUT2D eigenvalue weighted by Gasteiger charge is 2.56. The lowest BCUT2D eigenvalue weighted by molar-refractivity contribution is -0.150. The number of piperidine rings is 1. The van der Waals surface area contributed by atoms with Gasteiger partial charge in [-0.3, -0.25) is 19.3 Å². The molecule has 2 aliphatic carbocycles. The minimum atomic E-state index is -0.602. The van der Waals surface area contributed by atoms with E-state index in [1.54, 1.807) is 7.05 Å². The van der Waals surface area contributed by atoms with Gasteiger partial charge in [-0.05, 0) is 57.6 Å². The van der Waals surface area contributed by atoms with Gasteiger partial charge in [0.2, 0.25) is 17.7 Å². The van der Waals surface area contributed by atoms with E-state index in [2.05, 4.69) is 20.9 Å². The average Bonchev–Trinajstić information content (AvgIpc) is 3.65. The van der Waals surface area contributed by atoms with Gasteiger partial charge in [-0.1, -0.05) is 37.5 Å². The van der Waals surface area contributed by atoms with Crippen molar-refractivity contribution in [3.8, 4) is 5.75 Å². The van der Waals surface area contributed by atoms with Crippen LogP contribution in [0.15, 0.2) is 24.3 Å². The zero-order chi connectivity index (χ0) is 27.1. The lowest BCUT2D eigenvalue weighted by atomic mass is 9.82. The van der Waals surface area contributed by atoms with Crippen molar-refractivity contribution < 1.29 is 19.1 Å². The molecule has 3 amide bonds. The number of nitrogens with one attached hydrogen (secondary N) is 3. The lowest BCUT2D eigenvalue weighted by Crippen LogP contribution is -2.67. The summed E-state index contributed by atoms with van der Waals surface area (Å²) in [5.41, 5.74) is 0.987. The van der Waals surface area contributed by atoms with Crippen molar-refractivity contribution in [2.45, 2.75) is 94.5 Å². The highest BCUT2D eigenvalue weighted by molar-refractivity contribution is 5.93. The first-order chi connectivity index (χ1) is 18.9. The Bertz CT molecular complexity index is 1090. The smallest absolute Gasteiger partial charge is 0.246 e. The first-order valence-corrected chi connectivity index (χ1v) is 15.0. The number of fused-ring (bicyclic) bond motifs is 4. The van der Waals surface area contributed by atoms with Gasteiger partial charge in [0.25, 0.3) is 0 Å². The number of rotatable bonds is 7. The van der Waals surface area contributed by atoms with Crippen LogP contribution in [0.3, 0.4) is 0 Å². The number of hydrogen-bond acceptors (Lipinski definition) is 6.